The van der Waals surface area contributed by atoms with E-state index >= 15 is 0 Å². The first-order valence-corrected chi connectivity index (χ1v) is 6.09. The fraction of sp³-hybridized carbons (Fsp3) is 1.00. The van der Waals surface area contributed by atoms with E-state index in [1.165, 1.54) is 32.1 Å². The van der Waals surface area contributed by atoms with Crippen LogP contribution in [0.25, 0.3) is 0 Å². The van der Waals surface area contributed by atoms with Crippen molar-refractivity contribution in [2.24, 2.45) is 10.8 Å². The number of aliphatic hydroxyl groups is 1. The van der Waals surface area contributed by atoms with Gasteiger partial charge in [0.15, 0.2) is 0 Å². The molecule has 0 heterocycles. The molecule has 0 amide bonds. The van der Waals surface area contributed by atoms with Crippen molar-refractivity contribution in [2.75, 3.05) is 0 Å². The van der Waals surface area contributed by atoms with E-state index in [2.05, 4.69) is 20.8 Å². The lowest BCUT2D eigenvalue weighted by Crippen LogP contribution is -2.59. The number of rotatable bonds is 0. The van der Waals surface area contributed by atoms with Gasteiger partial charge in [0.25, 0.3) is 0 Å². The van der Waals surface area contributed by atoms with Crippen molar-refractivity contribution in [3.63, 3.8) is 0 Å². The van der Waals surface area contributed by atoms with Gasteiger partial charge in [-0.15, -0.1) is 0 Å². The predicted molar refractivity (Wildman–Crippen MR) is 59.2 cm³/mol. The fourth-order valence-electron chi connectivity index (χ4n) is 3.37. The van der Waals surface area contributed by atoms with Crippen molar-refractivity contribution < 1.29 is 5.11 Å². The highest BCUT2D eigenvalue weighted by atomic mass is 16.3. The molecule has 1 spiro atoms. The largest absolute Gasteiger partial charge is 0.389 e. The smallest absolute Gasteiger partial charge is 0.0706 e. The van der Waals surface area contributed by atoms with Crippen LogP contribution in [0.4, 0.5) is 0 Å². The molecule has 0 aliphatic heterocycles. The second-order valence-electron chi connectivity index (χ2n) is 6.70. The van der Waals surface area contributed by atoms with E-state index in [1.807, 2.05) is 0 Å². The summed E-state index contributed by atoms with van der Waals surface area (Å²) in [5.41, 5.74) is 0.236. The van der Waals surface area contributed by atoms with Crippen LogP contribution in [0.5, 0.6) is 0 Å². The Morgan fingerprint density at radius 2 is 1.43 bits per heavy atom. The van der Waals surface area contributed by atoms with Crippen LogP contribution in [-0.2, 0) is 0 Å². The van der Waals surface area contributed by atoms with Gasteiger partial charge in [-0.05, 0) is 36.5 Å². The standard InChI is InChI=1S/C13H24O/c1-11(2,3)13(14)9-12(10-13)7-5-4-6-8-12/h14H,4-10H2,1-3H3. The van der Waals surface area contributed by atoms with Crippen LogP contribution < -0.4 is 0 Å². The van der Waals surface area contributed by atoms with E-state index in [0.29, 0.717) is 5.41 Å². The third kappa shape index (κ3) is 1.50. The first kappa shape index (κ1) is 10.5. The van der Waals surface area contributed by atoms with E-state index in [-0.39, 0.29) is 11.0 Å². The third-order valence-electron chi connectivity index (χ3n) is 4.65. The molecule has 2 aliphatic carbocycles. The van der Waals surface area contributed by atoms with Gasteiger partial charge in [0.1, 0.15) is 0 Å². The van der Waals surface area contributed by atoms with Crippen LogP contribution in [-0.4, -0.2) is 10.7 Å². The van der Waals surface area contributed by atoms with E-state index < -0.39 is 0 Å². The van der Waals surface area contributed by atoms with Crippen LogP contribution in [0.15, 0.2) is 0 Å². The van der Waals surface area contributed by atoms with Crippen molar-refractivity contribution in [1.29, 1.82) is 0 Å². The molecule has 0 atom stereocenters. The van der Waals surface area contributed by atoms with Gasteiger partial charge in [-0.3, -0.25) is 0 Å². The van der Waals surface area contributed by atoms with E-state index in [4.69, 9.17) is 0 Å². The maximum Gasteiger partial charge on any atom is 0.0706 e. The van der Waals surface area contributed by atoms with Crippen molar-refractivity contribution >= 4 is 0 Å². The van der Waals surface area contributed by atoms with Gasteiger partial charge in [-0.2, -0.15) is 0 Å². The second-order valence-corrected chi connectivity index (χ2v) is 6.70. The SMILES string of the molecule is CC(C)(C)C1(O)CC2(CCCCC2)C1. The van der Waals surface area contributed by atoms with Gasteiger partial charge in [0, 0.05) is 0 Å². The molecule has 2 fully saturated rings. The summed E-state index contributed by atoms with van der Waals surface area (Å²) in [4.78, 5) is 0. The van der Waals surface area contributed by atoms with Crippen LogP contribution >= 0.6 is 0 Å². The predicted octanol–water partition coefficient (Wildman–Crippen LogP) is 3.51. The number of hydrogen-bond donors (Lipinski definition) is 1. The molecule has 2 aliphatic rings. The second kappa shape index (κ2) is 2.98. The summed E-state index contributed by atoms with van der Waals surface area (Å²) in [6.45, 7) is 6.51. The molecule has 0 aromatic carbocycles. The Bertz CT molecular complexity index is 210. The Hall–Kier alpha value is -0.0400. The highest BCUT2D eigenvalue weighted by Crippen LogP contribution is 2.61. The van der Waals surface area contributed by atoms with Gasteiger partial charge >= 0.3 is 0 Å². The lowest BCUT2D eigenvalue weighted by atomic mass is 9.48. The lowest BCUT2D eigenvalue weighted by molar-refractivity contribution is -0.198. The van der Waals surface area contributed by atoms with E-state index in [9.17, 15) is 5.11 Å². The van der Waals surface area contributed by atoms with Crippen molar-refractivity contribution in [3.8, 4) is 0 Å². The highest BCUT2D eigenvalue weighted by Gasteiger charge is 2.58. The fourth-order valence-corrected chi connectivity index (χ4v) is 3.37. The molecule has 0 aromatic heterocycles. The maximum atomic E-state index is 10.5. The van der Waals surface area contributed by atoms with Gasteiger partial charge in [-0.25, -0.2) is 0 Å². The summed E-state index contributed by atoms with van der Waals surface area (Å²) in [5, 5.41) is 10.5. The zero-order chi connectivity index (χ0) is 10.4. The summed E-state index contributed by atoms with van der Waals surface area (Å²) in [7, 11) is 0. The molecular weight excluding hydrogens is 172 g/mol. The molecule has 0 radical (unpaired) electrons. The van der Waals surface area contributed by atoms with Crippen molar-refractivity contribution in [2.45, 2.75) is 71.3 Å². The summed E-state index contributed by atoms with van der Waals surface area (Å²) < 4.78 is 0. The normalized spacial score (nSPS) is 30.0. The summed E-state index contributed by atoms with van der Waals surface area (Å²) in [6.07, 6.45) is 9.04. The molecule has 1 N–H and O–H groups in total. The van der Waals surface area contributed by atoms with Crippen LogP contribution in [0.3, 0.4) is 0 Å². The Labute approximate surface area is 87.9 Å². The molecule has 0 saturated heterocycles. The molecule has 1 nitrogen and oxygen atoms in total. The Balaban J connectivity index is 2.00. The average molecular weight is 196 g/mol. The summed E-state index contributed by atoms with van der Waals surface area (Å²) >= 11 is 0. The topological polar surface area (TPSA) is 20.2 Å². The van der Waals surface area contributed by atoms with E-state index in [0.717, 1.165) is 12.8 Å². The molecule has 2 rings (SSSR count). The Morgan fingerprint density at radius 1 is 0.929 bits per heavy atom. The Morgan fingerprint density at radius 3 is 1.86 bits per heavy atom. The molecule has 14 heavy (non-hydrogen) atoms. The molecule has 0 unspecified atom stereocenters. The van der Waals surface area contributed by atoms with Crippen LogP contribution in [0, 0.1) is 10.8 Å². The zero-order valence-electron chi connectivity index (χ0n) is 9.90. The lowest BCUT2D eigenvalue weighted by Gasteiger charge is -2.60. The van der Waals surface area contributed by atoms with Crippen molar-refractivity contribution in [1.82, 2.24) is 0 Å². The van der Waals surface area contributed by atoms with Crippen LogP contribution in [0.1, 0.15) is 65.7 Å². The van der Waals surface area contributed by atoms with Gasteiger partial charge in [0.2, 0.25) is 0 Å². The highest BCUT2D eigenvalue weighted by molar-refractivity contribution is 5.09. The minimum atomic E-state index is -0.371. The zero-order valence-corrected chi connectivity index (χ0v) is 9.90. The minimum absolute atomic E-state index is 0.0652. The van der Waals surface area contributed by atoms with Crippen molar-refractivity contribution in [3.05, 3.63) is 0 Å². The van der Waals surface area contributed by atoms with Gasteiger partial charge < -0.3 is 5.11 Å². The molecule has 2 saturated carbocycles. The summed E-state index contributed by atoms with van der Waals surface area (Å²) in [6, 6.07) is 0. The number of hydrogen-bond acceptors (Lipinski definition) is 1. The maximum absolute atomic E-state index is 10.5. The summed E-state index contributed by atoms with van der Waals surface area (Å²) in [5.74, 6) is 0. The first-order chi connectivity index (χ1) is 6.37. The van der Waals surface area contributed by atoms with E-state index in [1.54, 1.807) is 0 Å². The molecule has 0 aromatic rings. The third-order valence-corrected chi connectivity index (χ3v) is 4.65. The Kier molecular flexibility index (Phi) is 2.23. The minimum Gasteiger partial charge on any atom is -0.389 e. The van der Waals surface area contributed by atoms with Gasteiger partial charge in [-0.1, -0.05) is 40.0 Å². The monoisotopic (exact) mass is 196 g/mol. The quantitative estimate of drug-likeness (QED) is 0.628. The van der Waals surface area contributed by atoms with Crippen LogP contribution in [0.2, 0.25) is 0 Å². The molecule has 1 heteroatoms. The molecule has 0 bridgehead atoms. The average Bonchev–Trinajstić information content (AvgIpc) is 2.01. The molecular formula is C13H24O. The molecule has 82 valence electrons. The van der Waals surface area contributed by atoms with Gasteiger partial charge in [0.05, 0.1) is 5.60 Å². The first-order valence-electron chi connectivity index (χ1n) is 6.09.